The highest BCUT2D eigenvalue weighted by Gasteiger charge is 2.28. The fourth-order valence-corrected chi connectivity index (χ4v) is 4.08. The Hall–Kier alpha value is -1.64. The Balaban J connectivity index is 0.00000341. The Morgan fingerprint density at radius 3 is 2.61 bits per heavy atom. The van der Waals surface area contributed by atoms with Crippen molar-refractivity contribution in [1.29, 1.82) is 0 Å². The lowest BCUT2D eigenvalue weighted by atomic mass is 9.94. The molecule has 1 aliphatic carbocycles. The molecule has 0 saturated heterocycles. The molecule has 0 bridgehead atoms. The fraction of sp³-hybridized carbons (Fsp3) is 0.545. The highest BCUT2D eigenvalue weighted by Crippen LogP contribution is 2.28. The molecule has 1 aromatic carbocycles. The number of benzene rings is 1. The fourth-order valence-electron chi connectivity index (χ4n) is 3.87. The second kappa shape index (κ2) is 11.3. The average molecular weight is 471 g/mol. The molecule has 0 aliphatic heterocycles. The molecule has 1 amide bonds. The topological polar surface area (TPSA) is 113 Å². The van der Waals surface area contributed by atoms with E-state index in [1.807, 2.05) is 19.1 Å². The molecule has 1 aromatic heterocycles. The van der Waals surface area contributed by atoms with Gasteiger partial charge in [-0.2, -0.15) is 5.10 Å². The molecule has 31 heavy (non-hydrogen) atoms. The summed E-state index contributed by atoms with van der Waals surface area (Å²) in [6, 6.07) is 7.08. The minimum absolute atomic E-state index is 0. The first kappa shape index (κ1) is 25.6. The van der Waals surface area contributed by atoms with Crippen molar-refractivity contribution in [2.45, 2.75) is 63.7 Å². The number of aromatic nitrogens is 2. The van der Waals surface area contributed by atoms with Crippen LogP contribution in [0.1, 0.15) is 54.6 Å². The van der Waals surface area contributed by atoms with Crippen molar-refractivity contribution in [3.63, 3.8) is 0 Å². The van der Waals surface area contributed by atoms with Crippen LogP contribution in [0.4, 0.5) is 0 Å². The normalized spacial score (nSPS) is 16.8. The van der Waals surface area contributed by atoms with Gasteiger partial charge in [0.2, 0.25) is 0 Å². The van der Waals surface area contributed by atoms with E-state index in [-0.39, 0.29) is 31.4 Å². The third-order valence-electron chi connectivity index (χ3n) is 5.76. The van der Waals surface area contributed by atoms with Crippen LogP contribution in [0.25, 0.3) is 11.3 Å². The SMILES string of the molecule is Cc1cc(-c2ccc(Cl)c(C(=O)NCC3(O)CCCCCC3)c2)nn1C[C@H](O)CN.Cl. The van der Waals surface area contributed by atoms with Gasteiger partial charge in [-0.3, -0.25) is 9.48 Å². The minimum Gasteiger partial charge on any atom is -0.390 e. The van der Waals surface area contributed by atoms with E-state index in [1.165, 1.54) is 0 Å². The molecule has 172 valence electrons. The zero-order chi connectivity index (χ0) is 21.7. The molecule has 9 heteroatoms. The third-order valence-corrected chi connectivity index (χ3v) is 6.09. The van der Waals surface area contributed by atoms with Crippen molar-refractivity contribution >= 4 is 29.9 Å². The van der Waals surface area contributed by atoms with Gasteiger partial charge in [0.25, 0.3) is 5.91 Å². The number of aliphatic hydroxyl groups excluding tert-OH is 1. The van der Waals surface area contributed by atoms with Gasteiger partial charge in [-0.15, -0.1) is 12.4 Å². The number of carbonyl (C=O) groups is 1. The van der Waals surface area contributed by atoms with Crippen LogP contribution in [0.15, 0.2) is 24.3 Å². The summed E-state index contributed by atoms with van der Waals surface area (Å²) < 4.78 is 1.70. The predicted molar refractivity (Wildman–Crippen MR) is 125 cm³/mol. The van der Waals surface area contributed by atoms with Crippen LogP contribution in [-0.2, 0) is 6.54 Å². The molecule has 1 atom stereocenters. The summed E-state index contributed by atoms with van der Waals surface area (Å²) in [5.41, 5.74) is 7.31. The number of nitrogens with one attached hydrogen (secondary N) is 1. The summed E-state index contributed by atoms with van der Waals surface area (Å²) in [4.78, 5) is 12.8. The molecule has 3 rings (SSSR count). The lowest BCUT2D eigenvalue weighted by Crippen LogP contribution is -2.42. The summed E-state index contributed by atoms with van der Waals surface area (Å²) in [6.45, 7) is 2.59. The van der Waals surface area contributed by atoms with Gasteiger partial charge in [-0.05, 0) is 38.0 Å². The van der Waals surface area contributed by atoms with Crippen molar-refractivity contribution in [3.05, 3.63) is 40.5 Å². The molecule has 1 aliphatic rings. The second-order valence-electron chi connectivity index (χ2n) is 8.26. The van der Waals surface area contributed by atoms with E-state index in [0.717, 1.165) is 36.9 Å². The Morgan fingerprint density at radius 2 is 1.97 bits per heavy atom. The van der Waals surface area contributed by atoms with Gasteiger partial charge in [-0.1, -0.05) is 43.4 Å². The second-order valence-corrected chi connectivity index (χ2v) is 8.67. The number of rotatable bonds is 7. The van der Waals surface area contributed by atoms with Gasteiger partial charge in [0.1, 0.15) is 0 Å². The lowest BCUT2D eigenvalue weighted by molar-refractivity contribution is 0.0246. The molecule has 2 aromatic rings. The highest BCUT2D eigenvalue weighted by atomic mass is 35.5. The van der Waals surface area contributed by atoms with Gasteiger partial charge in [0.05, 0.1) is 34.5 Å². The summed E-state index contributed by atoms with van der Waals surface area (Å²) in [5, 5.41) is 28.3. The molecule has 0 radical (unpaired) electrons. The smallest absolute Gasteiger partial charge is 0.252 e. The van der Waals surface area contributed by atoms with Gasteiger partial charge in [-0.25, -0.2) is 0 Å². The summed E-state index contributed by atoms with van der Waals surface area (Å²) in [7, 11) is 0. The van der Waals surface area contributed by atoms with Gasteiger partial charge in [0, 0.05) is 24.3 Å². The van der Waals surface area contributed by atoms with Gasteiger partial charge < -0.3 is 21.3 Å². The number of nitrogens with zero attached hydrogens (tertiary/aromatic N) is 2. The molecular formula is C22H32Cl2N4O3. The largest absolute Gasteiger partial charge is 0.390 e. The Labute approximate surface area is 194 Å². The van der Waals surface area contributed by atoms with Crippen molar-refractivity contribution in [2.75, 3.05) is 13.1 Å². The summed E-state index contributed by atoms with van der Waals surface area (Å²) in [6.07, 6.45) is 4.93. The summed E-state index contributed by atoms with van der Waals surface area (Å²) >= 11 is 6.29. The van der Waals surface area contributed by atoms with Gasteiger partial charge >= 0.3 is 0 Å². The van der Waals surface area contributed by atoms with Crippen LogP contribution < -0.4 is 11.1 Å². The first-order valence-corrected chi connectivity index (χ1v) is 10.9. The van der Waals surface area contributed by atoms with Gasteiger partial charge in [0.15, 0.2) is 0 Å². The number of hydrogen-bond donors (Lipinski definition) is 4. The maximum absolute atomic E-state index is 12.8. The number of aryl methyl sites for hydroxylation is 1. The van der Waals surface area contributed by atoms with E-state index in [2.05, 4.69) is 10.4 Å². The van der Waals surface area contributed by atoms with E-state index in [1.54, 1.807) is 16.8 Å². The maximum Gasteiger partial charge on any atom is 0.252 e. The molecule has 7 nitrogen and oxygen atoms in total. The number of amides is 1. The van der Waals surface area contributed by atoms with Crippen LogP contribution in [-0.4, -0.2) is 50.7 Å². The quantitative estimate of drug-likeness (QED) is 0.464. The van der Waals surface area contributed by atoms with Crippen molar-refractivity contribution in [3.8, 4) is 11.3 Å². The van der Waals surface area contributed by atoms with Crippen molar-refractivity contribution in [2.24, 2.45) is 5.73 Å². The molecular weight excluding hydrogens is 439 g/mol. The number of carbonyl (C=O) groups excluding carboxylic acids is 1. The van der Waals surface area contributed by atoms with E-state index in [9.17, 15) is 15.0 Å². The number of halogens is 2. The van der Waals surface area contributed by atoms with Crippen LogP contribution >= 0.6 is 24.0 Å². The van der Waals surface area contributed by atoms with E-state index < -0.39 is 11.7 Å². The highest BCUT2D eigenvalue weighted by molar-refractivity contribution is 6.34. The zero-order valence-corrected chi connectivity index (χ0v) is 19.4. The van der Waals surface area contributed by atoms with E-state index in [4.69, 9.17) is 17.3 Å². The monoisotopic (exact) mass is 470 g/mol. The van der Waals surface area contributed by atoms with Crippen LogP contribution in [0.2, 0.25) is 5.02 Å². The Kier molecular flexibility index (Phi) is 9.33. The standard InChI is InChI=1S/C22H31ClN4O3.ClH/c1-15-10-20(26-27(15)13-17(28)12-24)16-6-7-19(23)18(11-16)21(29)25-14-22(30)8-4-2-3-5-9-22;/h6-7,10-11,17,28,30H,2-5,8-9,12-14,24H2,1H3,(H,25,29);1H/t17-;/m1./s1. The van der Waals surface area contributed by atoms with Crippen molar-refractivity contribution < 1.29 is 15.0 Å². The average Bonchev–Trinajstić information content (AvgIpc) is 2.94. The molecule has 1 fully saturated rings. The first-order chi connectivity index (χ1) is 14.3. The molecule has 5 N–H and O–H groups in total. The number of hydrogen-bond acceptors (Lipinski definition) is 5. The molecule has 0 unspecified atom stereocenters. The first-order valence-electron chi connectivity index (χ1n) is 10.5. The lowest BCUT2D eigenvalue weighted by Gasteiger charge is -2.26. The minimum atomic E-state index is -0.851. The third kappa shape index (κ3) is 6.67. The predicted octanol–water partition coefficient (Wildman–Crippen LogP) is 3.07. The molecule has 1 saturated carbocycles. The number of aliphatic hydroxyl groups is 2. The maximum atomic E-state index is 12.8. The van der Waals surface area contributed by atoms with Crippen molar-refractivity contribution in [1.82, 2.24) is 15.1 Å². The number of nitrogens with two attached hydrogens (primary N) is 1. The van der Waals surface area contributed by atoms with Crippen LogP contribution in [0, 0.1) is 6.92 Å². The molecule has 1 heterocycles. The zero-order valence-electron chi connectivity index (χ0n) is 17.8. The van der Waals surface area contributed by atoms with Crippen LogP contribution in [0.3, 0.4) is 0 Å². The molecule has 0 spiro atoms. The Morgan fingerprint density at radius 1 is 1.29 bits per heavy atom. The Bertz CT molecular complexity index is 880. The summed E-state index contributed by atoms with van der Waals surface area (Å²) in [5.74, 6) is -0.311. The van der Waals surface area contributed by atoms with E-state index in [0.29, 0.717) is 35.7 Å². The van der Waals surface area contributed by atoms with Crippen LogP contribution in [0.5, 0.6) is 0 Å². The van der Waals surface area contributed by atoms with E-state index >= 15 is 0 Å².